The average molecular weight is 356 g/mol. The Kier molecular flexibility index (Phi) is 2.96. The summed E-state index contributed by atoms with van der Waals surface area (Å²) in [5, 5.41) is 2.22. The van der Waals surface area contributed by atoms with Crippen molar-refractivity contribution in [2.75, 3.05) is 0 Å². The molecule has 0 aliphatic rings. The predicted molar refractivity (Wildman–Crippen MR) is 90.9 cm³/mol. The van der Waals surface area contributed by atoms with Gasteiger partial charge in [-0.2, -0.15) is 0 Å². The molecule has 110 valence electrons. The van der Waals surface area contributed by atoms with Crippen molar-refractivity contribution in [1.82, 2.24) is 14.5 Å². The normalized spacial score (nSPS) is 11.8. The van der Waals surface area contributed by atoms with E-state index in [0.29, 0.717) is 6.54 Å². The molecule has 4 nitrogen and oxygen atoms in total. The van der Waals surface area contributed by atoms with Crippen LogP contribution in [-0.2, 0) is 6.54 Å². The SMILES string of the molecule is CCn1c(C)nc2c([se]c3nc4ccccc4c(C)c32)c1=O. The van der Waals surface area contributed by atoms with Gasteiger partial charge in [0.05, 0.1) is 0 Å². The minimum atomic E-state index is -0.0613. The number of aryl methyl sites for hydroxylation is 2. The molecule has 4 rings (SSSR count). The van der Waals surface area contributed by atoms with Crippen molar-refractivity contribution in [3.05, 3.63) is 46.0 Å². The number of pyridine rings is 1. The van der Waals surface area contributed by atoms with Crippen LogP contribution in [0.4, 0.5) is 0 Å². The van der Waals surface area contributed by atoms with Crippen molar-refractivity contribution in [2.45, 2.75) is 27.3 Å². The van der Waals surface area contributed by atoms with E-state index in [1.165, 1.54) is 5.56 Å². The number of nitrogens with zero attached hydrogens (tertiary/aromatic N) is 3. The zero-order valence-corrected chi connectivity index (χ0v) is 14.4. The summed E-state index contributed by atoms with van der Waals surface area (Å²) in [4.78, 5) is 22.2. The van der Waals surface area contributed by atoms with Crippen molar-refractivity contribution in [1.29, 1.82) is 0 Å². The van der Waals surface area contributed by atoms with Crippen molar-refractivity contribution in [3.63, 3.8) is 0 Å². The second-order valence-electron chi connectivity index (χ2n) is 5.42. The van der Waals surface area contributed by atoms with Crippen molar-refractivity contribution in [3.8, 4) is 0 Å². The van der Waals surface area contributed by atoms with E-state index in [-0.39, 0.29) is 20.1 Å². The van der Waals surface area contributed by atoms with E-state index < -0.39 is 0 Å². The van der Waals surface area contributed by atoms with Gasteiger partial charge in [-0.1, -0.05) is 0 Å². The molecule has 0 radical (unpaired) electrons. The summed E-state index contributed by atoms with van der Waals surface area (Å²) >= 11 is -0.0613. The van der Waals surface area contributed by atoms with E-state index in [0.717, 1.165) is 36.3 Å². The number of benzene rings is 1. The Morgan fingerprint density at radius 1 is 1.18 bits per heavy atom. The van der Waals surface area contributed by atoms with Crippen LogP contribution in [0.1, 0.15) is 18.3 Å². The second kappa shape index (κ2) is 4.77. The van der Waals surface area contributed by atoms with Gasteiger partial charge < -0.3 is 0 Å². The third kappa shape index (κ3) is 1.73. The third-order valence-corrected chi connectivity index (χ3v) is 6.42. The first-order chi connectivity index (χ1) is 10.6. The molecule has 0 spiro atoms. The molecule has 0 atom stereocenters. The van der Waals surface area contributed by atoms with Crippen LogP contribution < -0.4 is 5.56 Å². The molecule has 0 aliphatic heterocycles. The zero-order chi connectivity index (χ0) is 15.4. The van der Waals surface area contributed by atoms with E-state index in [9.17, 15) is 4.79 Å². The molecule has 5 heteroatoms. The van der Waals surface area contributed by atoms with Gasteiger partial charge in [0.15, 0.2) is 0 Å². The number of aromatic nitrogens is 3. The molecule has 22 heavy (non-hydrogen) atoms. The summed E-state index contributed by atoms with van der Waals surface area (Å²) in [5.74, 6) is 0.780. The van der Waals surface area contributed by atoms with Crippen molar-refractivity contribution >= 4 is 45.0 Å². The Morgan fingerprint density at radius 3 is 2.73 bits per heavy atom. The van der Waals surface area contributed by atoms with Gasteiger partial charge >= 0.3 is 133 Å². The van der Waals surface area contributed by atoms with E-state index in [1.54, 1.807) is 4.57 Å². The fourth-order valence-corrected chi connectivity index (χ4v) is 5.45. The van der Waals surface area contributed by atoms with Crippen LogP contribution in [-0.4, -0.2) is 29.0 Å². The number of hydrogen-bond acceptors (Lipinski definition) is 3. The Bertz CT molecular complexity index is 1110. The zero-order valence-electron chi connectivity index (χ0n) is 12.7. The molecule has 0 aliphatic carbocycles. The summed E-state index contributed by atoms with van der Waals surface area (Å²) in [7, 11) is 0. The van der Waals surface area contributed by atoms with Gasteiger partial charge in [0, 0.05) is 0 Å². The Labute approximate surface area is 133 Å². The van der Waals surface area contributed by atoms with Crippen LogP contribution in [0.2, 0.25) is 0 Å². The Morgan fingerprint density at radius 2 is 1.95 bits per heavy atom. The summed E-state index contributed by atoms with van der Waals surface area (Å²) in [6.45, 7) is 6.65. The third-order valence-electron chi connectivity index (χ3n) is 4.19. The summed E-state index contributed by atoms with van der Waals surface area (Å²) in [5.41, 5.74) is 3.15. The number of fused-ring (bicyclic) bond motifs is 4. The average Bonchev–Trinajstić information content (AvgIpc) is 2.87. The molecule has 0 N–H and O–H groups in total. The molecule has 0 fully saturated rings. The summed E-state index contributed by atoms with van der Waals surface area (Å²) in [6, 6.07) is 8.15. The Hall–Kier alpha value is -1.97. The Balaban J connectivity index is 2.29. The van der Waals surface area contributed by atoms with E-state index in [2.05, 4.69) is 13.0 Å². The van der Waals surface area contributed by atoms with Crippen LogP contribution >= 0.6 is 0 Å². The molecule has 3 heterocycles. The van der Waals surface area contributed by atoms with Gasteiger partial charge in [0.25, 0.3) is 0 Å². The number of hydrogen-bond donors (Lipinski definition) is 0. The quantitative estimate of drug-likeness (QED) is 0.493. The van der Waals surface area contributed by atoms with Gasteiger partial charge in [-0.15, -0.1) is 0 Å². The minimum absolute atomic E-state index is 0.0613. The molecule has 4 aromatic rings. The van der Waals surface area contributed by atoms with Gasteiger partial charge in [0.1, 0.15) is 0 Å². The number of para-hydroxylation sites is 1. The fraction of sp³-hybridized carbons (Fsp3) is 0.235. The van der Waals surface area contributed by atoms with Crippen molar-refractivity contribution in [2.24, 2.45) is 0 Å². The first kappa shape index (κ1) is 13.7. The first-order valence-corrected chi connectivity index (χ1v) is 9.02. The van der Waals surface area contributed by atoms with Gasteiger partial charge in [0.2, 0.25) is 0 Å². The topological polar surface area (TPSA) is 47.8 Å². The molecular formula is C17H15N3OSe. The van der Waals surface area contributed by atoms with E-state index in [4.69, 9.17) is 9.97 Å². The van der Waals surface area contributed by atoms with E-state index >= 15 is 0 Å². The maximum absolute atomic E-state index is 12.7. The van der Waals surface area contributed by atoms with Crippen LogP contribution in [0.5, 0.6) is 0 Å². The van der Waals surface area contributed by atoms with Gasteiger partial charge in [-0.3, -0.25) is 0 Å². The second-order valence-corrected chi connectivity index (χ2v) is 7.52. The predicted octanol–water partition coefficient (Wildman–Crippen LogP) is 2.79. The van der Waals surface area contributed by atoms with Crippen molar-refractivity contribution < 1.29 is 0 Å². The molecule has 0 saturated heterocycles. The monoisotopic (exact) mass is 357 g/mol. The first-order valence-electron chi connectivity index (χ1n) is 7.30. The molecule has 0 unspecified atom stereocenters. The molecule has 0 bridgehead atoms. The van der Waals surface area contributed by atoms with Crippen LogP contribution in [0, 0.1) is 13.8 Å². The van der Waals surface area contributed by atoms with E-state index in [1.807, 2.05) is 32.0 Å². The molecule has 3 aromatic heterocycles. The van der Waals surface area contributed by atoms with Crippen LogP contribution in [0.25, 0.3) is 30.5 Å². The molecular weight excluding hydrogens is 341 g/mol. The standard InChI is InChI=1S/C17H15N3OSe/c1-4-20-10(3)18-14-13-9(2)11-7-5-6-8-12(11)19-16(13)22-15(14)17(20)21/h5-8H,4H2,1-3H3. The molecule has 1 aromatic carbocycles. The molecule has 0 saturated carbocycles. The van der Waals surface area contributed by atoms with Gasteiger partial charge in [-0.25, -0.2) is 0 Å². The van der Waals surface area contributed by atoms with Gasteiger partial charge in [-0.05, 0) is 0 Å². The summed E-state index contributed by atoms with van der Waals surface area (Å²) in [6.07, 6.45) is 0. The maximum atomic E-state index is 12.7. The van der Waals surface area contributed by atoms with Crippen LogP contribution in [0.15, 0.2) is 29.1 Å². The molecule has 0 amide bonds. The number of rotatable bonds is 1. The van der Waals surface area contributed by atoms with Crippen LogP contribution in [0.3, 0.4) is 0 Å². The summed E-state index contributed by atoms with van der Waals surface area (Å²) < 4.78 is 3.64. The fourth-order valence-electron chi connectivity index (χ4n) is 3.08.